The molecule has 0 atom stereocenters. The molecule has 0 heterocycles. The van der Waals surface area contributed by atoms with E-state index in [-0.39, 0.29) is 18.0 Å². The van der Waals surface area contributed by atoms with Crippen LogP contribution in [-0.2, 0) is 19.2 Å². The molecule has 6 nitrogen and oxygen atoms in total. The number of aliphatic carboxylic acids is 2. The number of hydrogen-bond donors (Lipinski definition) is 2. The summed E-state index contributed by atoms with van der Waals surface area (Å²) in [5.41, 5.74) is 0. The van der Waals surface area contributed by atoms with Gasteiger partial charge in [-0.3, -0.25) is 9.59 Å². The van der Waals surface area contributed by atoms with Crippen LogP contribution in [0.25, 0.3) is 0 Å². The zero-order valence-electron chi connectivity index (χ0n) is 11.9. The Morgan fingerprint density at radius 3 is 1.75 bits per heavy atom. The highest BCUT2D eigenvalue weighted by Crippen LogP contribution is 2.04. The minimum absolute atomic E-state index is 0.0181. The molecule has 0 bridgehead atoms. The maximum atomic E-state index is 11.0. The van der Waals surface area contributed by atoms with E-state index in [4.69, 9.17) is 10.2 Å². The fourth-order valence-corrected chi connectivity index (χ4v) is 1.26. The molecular formula is C14H22O6. The quantitative estimate of drug-likeness (QED) is 0.382. The molecule has 114 valence electrons. The first-order valence-electron chi connectivity index (χ1n) is 6.44. The summed E-state index contributed by atoms with van der Waals surface area (Å²) in [7, 11) is 0. The largest absolute Gasteiger partial charge is 0.478 e. The van der Waals surface area contributed by atoms with Gasteiger partial charge in [-0.05, 0) is 13.3 Å². The van der Waals surface area contributed by atoms with E-state index in [9.17, 15) is 19.2 Å². The second-order valence-electron chi connectivity index (χ2n) is 4.24. The Labute approximate surface area is 118 Å². The SMILES string of the molecule is CCCCCCC(=O)CC(C)=O.O=C(O)C=CC(=O)O. The van der Waals surface area contributed by atoms with Crippen LogP contribution < -0.4 is 0 Å². The van der Waals surface area contributed by atoms with Gasteiger partial charge < -0.3 is 10.2 Å². The van der Waals surface area contributed by atoms with Gasteiger partial charge in [-0.2, -0.15) is 0 Å². The third-order valence-electron chi connectivity index (χ3n) is 2.12. The van der Waals surface area contributed by atoms with Crippen molar-refractivity contribution in [3.63, 3.8) is 0 Å². The van der Waals surface area contributed by atoms with E-state index in [0.29, 0.717) is 18.6 Å². The summed E-state index contributed by atoms with van der Waals surface area (Å²) in [6, 6.07) is 0. The average Bonchev–Trinajstić information content (AvgIpc) is 2.32. The molecule has 0 aliphatic heterocycles. The maximum absolute atomic E-state index is 11.0. The Bertz CT molecular complexity index is 341. The Kier molecular flexibility index (Phi) is 13.7. The molecule has 0 radical (unpaired) electrons. The molecule has 0 amide bonds. The van der Waals surface area contributed by atoms with Crippen LogP contribution in [0.3, 0.4) is 0 Å². The fraction of sp³-hybridized carbons (Fsp3) is 0.571. The molecule has 0 aromatic rings. The Hall–Kier alpha value is -1.98. The van der Waals surface area contributed by atoms with Gasteiger partial charge in [0.15, 0.2) is 0 Å². The summed E-state index contributed by atoms with van der Waals surface area (Å²) in [5, 5.41) is 15.6. The molecule has 0 aromatic carbocycles. The third kappa shape index (κ3) is 21.3. The van der Waals surface area contributed by atoms with Crippen LogP contribution in [0.2, 0.25) is 0 Å². The Balaban J connectivity index is 0. The summed E-state index contributed by atoms with van der Waals surface area (Å²) >= 11 is 0. The van der Waals surface area contributed by atoms with E-state index < -0.39 is 11.9 Å². The van der Waals surface area contributed by atoms with E-state index in [1.807, 2.05) is 0 Å². The molecule has 0 rings (SSSR count). The average molecular weight is 286 g/mol. The van der Waals surface area contributed by atoms with Crippen molar-refractivity contribution in [3.05, 3.63) is 12.2 Å². The van der Waals surface area contributed by atoms with Crippen molar-refractivity contribution in [1.29, 1.82) is 0 Å². The van der Waals surface area contributed by atoms with E-state index in [1.165, 1.54) is 19.8 Å². The number of carbonyl (C=O) groups excluding carboxylic acids is 2. The van der Waals surface area contributed by atoms with E-state index >= 15 is 0 Å². The first kappa shape index (κ1) is 20.3. The van der Waals surface area contributed by atoms with Gasteiger partial charge in [-0.15, -0.1) is 0 Å². The van der Waals surface area contributed by atoms with Crippen molar-refractivity contribution < 1.29 is 29.4 Å². The second-order valence-corrected chi connectivity index (χ2v) is 4.24. The lowest BCUT2D eigenvalue weighted by molar-refractivity contribution is -0.134. The number of carboxylic acid groups (broad SMARTS) is 2. The first-order valence-corrected chi connectivity index (χ1v) is 6.44. The van der Waals surface area contributed by atoms with Crippen molar-refractivity contribution in [2.75, 3.05) is 0 Å². The van der Waals surface area contributed by atoms with E-state index in [0.717, 1.165) is 12.8 Å². The van der Waals surface area contributed by atoms with Crippen LogP contribution in [-0.4, -0.2) is 33.7 Å². The predicted octanol–water partition coefficient (Wildman–Crippen LogP) is 2.22. The molecule has 0 spiro atoms. The van der Waals surface area contributed by atoms with Crippen LogP contribution in [0.1, 0.15) is 52.4 Å². The molecule has 6 heteroatoms. The van der Waals surface area contributed by atoms with Crippen LogP contribution in [0.5, 0.6) is 0 Å². The third-order valence-corrected chi connectivity index (χ3v) is 2.12. The summed E-state index contributed by atoms with van der Waals surface area (Å²) in [5.74, 6) is -2.44. The number of Topliss-reactive ketones (excluding diaryl/α,β-unsaturated/α-hetero) is 2. The molecule has 0 fully saturated rings. The van der Waals surface area contributed by atoms with Crippen molar-refractivity contribution in [2.24, 2.45) is 0 Å². The summed E-state index contributed by atoms with van der Waals surface area (Å²) < 4.78 is 0. The van der Waals surface area contributed by atoms with Crippen LogP contribution in [0.4, 0.5) is 0 Å². The van der Waals surface area contributed by atoms with Crippen LogP contribution >= 0.6 is 0 Å². The molecule has 20 heavy (non-hydrogen) atoms. The normalized spacial score (nSPS) is 9.70. The van der Waals surface area contributed by atoms with Crippen molar-refractivity contribution in [3.8, 4) is 0 Å². The van der Waals surface area contributed by atoms with Gasteiger partial charge in [-0.1, -0.05) is 26.2 Å². The maximum Gasteiger partial charge on any atom is 0.328 e. The van der Waals surface area contributed by atoms with Crippen molar-refractivity contribution in [2.45, 2.75) is 52.4 Å². The first-order chi connectivity index (χ1) is 9.29. The number of unbranched alkanes of at least 4 members (excludes halogenated alkanes) is 3. The highest BCUT2D eigenvalue weighted by molar-refractivity contribution is 5.97. The predicted molar refractivity (Wildman–Crippen MR) is 73.5 cm³/mol. The standard InChI is InChI=1S/C10H18O2.C4H4O4/c1-3-4-5-6-7-10(12)8-9(2)11;5-3(6)1-2-4(7)8/h3-8H2,1-2H3;1-2H,(H,5,6)(H,7,8). The minimum Gasteiger partial charge on any atom is -0.478 e. The molecule has 0 saturated carbocycles. The van der Waals surface area contributed by atoms with Gasteiger partial charge in [-0.25, -0.2) is 9.59 Å². The number of ketones is 2. The van der Waals surface area contributed by atoms with Gasteiger partial charge in [0.1, 0.15) is 11.6 Å². The van der Waals surface area contributed by atoms with Crippen LogP contribution in [0.15, 0.2) is 12.2 Å². The highest BCUT2D eigenvalue weighted by atomic mass is 16.4. The Morgan fingerprint density at radius 1 is 0.900 bits per heavy atom. The van der Waals surface area contributed by atoms with Gasteiger partial charge in [0.2, 0.25) is 0 Å². The fourth-order valence-electron chi connectivity index (χ4n) is 1.26. The number of rotatable bonds is 9. The van der Waals surface area contributed by atoms with Gasteiger partial charge >= 0.3 is 11.9 Å². The zero-order chi connectivity index (χ0) is 16.0. The second kappa shape index (κ2) is 13.5. The van der Waals surface area contributed by atoms with Gasteiger partial charge in [0, 0.05) is 18.6 Å². The number of carbonyl (C=O) groups is 4. The van der Waals surface area contributed by atoms with Gasteiger partial charge in [0.25, 0.3) is 0 Å². The summed E-state index contributed by atoms with van der Waals surface area (Å²) in [4.78, 5) is 40.6. The Morgan fingerprint density at radius 2 is 1.40 bits per heavy atom. The smallest absolute Gasteiger partial charge is 0.328 e. The molecule has 0 aromatic heterocycles. The van der Waals surface area contributed by atoms with Crippen LogP contribution in [0, 0.1) is 0 Å². The highest BCUT2D eigenvalue weighted by Gasteiger charge is 2.03. The number of hydrogen-bond acceptors (Lipinski definition) is 4. The summed E-state index contributed by atoms with van der Waals surface area (Å²) in [6.07, 6.45) is 6.25. The van der Waals surface area contributed by atoms with Crippen molar-refractivity contribution >= 4 is 23.5 Å². The lowest BCUT2D eigenvalue weighted by atomic mass is 10.1. The zero-order valence-corrected chi connectivity index (χ0v) is 11.9. The minimum atomic E-state index is -1.26. The topological polar surface area (TPSA) is 109 Å². The molecule has 0 saturated heterocycles. The molecule has 0 unspecified atom stereocenters. The van der Waals surface area contributed by atoms with Gasteiger partial charge in [0.05, 0.1) is 6.42 Å². The molecule has 2 N–H and O–H groups in total. The lowest BCUT2D eigenvalue weighted by Gasteiger charge is -1.97. The van der Waals surface area contributed by atoms with E-state index in [1.54, 1.807) is 0 Å². The lowest BCUT2D eigenvalue weighted by Crippen LogP contribution is -2.03. The molecule has 0 aliphatic carbocycles. The molecular weight excluding hydrogens is 264 g/mol. The van der Waals surface area contributed by atoms with E-state index in [2.05, 4.69) is 6.92 Å². The molecule has 0 aliphatic rings. The van der Waals surface area contributed by atoms with Crippen molar-refractivity contribution in [1.82, 2.24) is 0 Å². The summed E-state index contributed by atoms with van der Waals surface area (Å²) in [6.45, 7) is 3.60. The number of carboxylic acids is 2. The monoisotopic (exact) mass is 286 g/mol.